The van der Waals surface area contributed by atoms with Crippen molar-refractivity contribution in [3.05, 3.63) is 83.9 Å². The van der Waals surface area contributed by atoms with E-state index < -0.39 is 0 Å². The van der Waals surface area contributed by atoms with Gasteiger partial charge in [0.05, 0.1) is 12.8 Å². The number of hydrogen-bond donors (Lipinski definition) is 1. The number of rotatable bonds is 2. The van der Waals surface area contributed by atoms with Crippen molar-refractivity contribution in [1.29, 1.82) is 0 Å². The lowest BCUT2D eigenvalue weighted by Gasteiger charge is -2.33. The first-order valence-corrected chi connectivity index (χ1v) is 7.78. The molecular weight excluding hydrogens is 270 g/mol. The van der Waals surface area contributed by atoms with E-state index in [0.717, 1.165) is 6.54 Å². The number of ether oxygens (including phenoxy) is 1. The molecule has 0 aromatic heterocycles. The van der Waals surface area contributed by atoms with Crippen LogP contribution in [-0.2, 0) is 4.74 Å². The van der Waals surface area contributed by atoms with Gasteiger partial charge in [0.1, 0.15) is 0 Å². The summed E-state index contributed by atoms with van der Waals surface area (Å²) in [4.78, 5) is 0. The van der Waals surface area contributed by atoms with Gasteiger partial charge in [-0.1, -0.05) is 72.8 Å². The van der Waals surface area contributed by atoms with E-state index in [1.54, 1.807) is 0 Å². The third-order valence-corrected chi connectivity index (χ3v) is 4.42. The molecule has 2 heteroatoms. The van der Waals surface area contributed by atoms with Gasteiger partial charge >= 0.3 is 0 Å². The summed E-state index contributed by atoms with van der Waals surface area (Å²) in [5, 5.41) is 5.93. The van der Waals surface area contributed by atoms with Crippen LogP contribution in [0.3, 0.4) is 0 Å². The maximum atomic E-state index is 6.03. The third kappa shape index (κ3) is 2.52. The molecule has 0 radical (unpaired) electrons. The lowest BCUT2D eigenvalue weighted by Crippen LogP contribution is -2.35. The third-order valence-electron chi connectivity index (χ3n) is 4.42. The van der Waals surface area contributed by atoms with E-state index in [9.17, 15) is 0 Å². The van der Waals surface area contributed by atoms with E-state index in [-0.39, 0.29) is 6.10 Å². The fraction of sp³-hybridized carbons (Fsp3) is 0.200. The van der Waals surface area contributed by atoms with Gasteiger partial charge in [0.2, 0.25) is 0 Å². The Balaban J connectivity index is 1.74. The van der Waals surface area contributed by atoms with Crippen LogP contribution < -0.4 is 5.32 Å². The molecule has 1 heterocycles. The van der Waals surface area contributed by atoms with E-state index in [1.807, 2.05) is 0 Å². The maximum Gasteiger partial charge on any atom is 0.0974 e. The molecular formula is C20H19NO. The minimum atomic E-state index is 0.114. The average molecular weight is 289 g/mol. The molecule has 2 nitrogen and oxygen atoms in total. The van der Waals surface area contributed by atoms with E-state index in [0.29, 0.717) is 12.6 Å². The molecule has 110 valence electrons. The van der Waals surface area contributed by atoms with Gasteiger partial charge in [-0.05, 0) is 21.9 Å². The lowest BCUT2D eigenvalue weighted by molar-refractivity contribution is -0.00999. The molecule has 3 aromatic rings. The van der Waals surface area contributed by atoms with Crippen LogP contribution >= 0.6 is 0 Å². The normalized spacial score (nSPS) is 21.8. The summed E-state index contributed by atoms with van der Waals surface area (Å²) in [6, 6.07) is 25.8. The summed E-state index contributed by atoms with van der Waals surface area (Å²) < 4.78 is 6.03. The Bertz CT molecular complexity index is 769. The molecule has 1 N–H and O–H groups in total. The highest BCUT2D eigenvalue weighted by Gasteiger charge is 2.28. The van der Waals surface area contributed by atoms with Crippen molar-refractivity contribution in [1.82, 2.24) is 5.32 Å². The predicted octanol–water partition coefficient (Wildman–Crippen LogP) is 4.24. The predicted molar refractivity (Wildman–Crippen MR) is 89.8 cm³/mol. The maximum absolute atomic E-state index is 6.03. The molecule has 0 aliphatic carbocycles. The zero-order valence-corrected chi connectivity index (χ0v) is 12.4. The first-order valence-electron chi connectivity index (χ1n) is 7.78. The van der Waals surface area contributed by atoms with Crippen LogP contribution in [0.1, 0.15) is 23.1 Å². The van der Waals surface area contributed by atoms with Gasteiger partial charge in [-0.2, -0.15) is 0 Å². The van der Waals surface area contributed by atoms with Gasteiger partial charge in [0, 0.05) is 12.5 Å². The molecule has 1 aliphatic rings. The molecule has 1 saturated heterocycles. The number of nitrogens with one attached hydrogen (secondary N) is 1. The smallest absolute Gasteiger partial charge is 0.0974 e. The number of hydrogen-bond acceptors (Lipinski definition) is 2. The summed E-state index contributed by atoms with van der Waals surface area (Å²) in [6.45, 7) is 1.56. The number of fused-ring (bicyclic) bond motifs is 1. The van der Waals surface area contributed by atoms with E-state index >= 15 is 0 Å². The Labute approximate surface area is 130 Å². The van der Waals surface area contributed by atoms with Crippen molar-refractivity contribution in [3.8, 4) is 0 Å². The summed E-state index contributed by atoms with van der Waals surface area (Å²) >= 11 is 0. The zero-order valence-electron chi connectivity index (χ0n) is 12.4. The van der Waals surface area contributed by atoms with Crippen LogP contribution in [0.5, 0.6) is 0 Å². The van der Waals surface area contributed by atoms with Crippen molar-refractivity contribution < 1.29 is 4.74 Å². The molecule has 4 rings (SSSR count). The van der Waals surface area contributed by atoms with E-state index in [2.05, 4.69) is 78.1 Å². The van der Waals surface area contributed by atoms with Crippen LogP contribution in [0.2, 0.25) is 0 Å². The SMILES string of the molecule is c1ccc([C@H]2OCNC[C@H]2c2ccc3ccccc3c2)cc1. The Hall–Kier alpha value is -2.16. The van der Waals surface area contributed by atoms with Crippen LogP contribution in [-0.4, -0.2) is 13.3 Å². The second-order valence-electron chi connectivity index (χ2n) is 5.81. The van der Waals surface area contributed by atoms with Crippen LogP contribution in [0, 0.1) is 0 Å². The summed E-state index contributed by atoms with van der Waals surface area (Å²) in [6.07, 6.45) is 0.114. The highest BCUT2D eigenvalue weighted by atomic mass is 16.5. The van der Waals surface area contributed by atoms with Gasteiger partial charge in [-0.3, -0.25) is 5.32 Å². The standard InChI is InChI=1S/C20H19NO/c1-2-7-16(8-3-1)20-19(13-21-14-22-20)18-11-10-15-6-4-5-9-17(15)12-18/h1-12,19-21H,13-14H2/t19-,20+/m0/s1. The van der Waals surface area contributed by atoms with E-state index in [4.69, 9.17) is 4.74 Å². The van der Waals surface area contributed by atoms with Crippen LogP contribution in [0.15, 0.2) is 72.8 Å². The number of benzene rings is 3. The molecule has 0 saturated carbocycles. The average Bonchev–Trinajstić information content (AvgIpc) is 2.62. The molecule has 1 aliphatic heterocycles. The van der Waals surface area contributed by atoms with Gasteiger partial charge in [0.15, 0.2) is 0 Å². The van der Waals surface area contributed by atoms with E-state index in [1.165, 1.54) is 21.9 Å². The second kappa shape index (κ2) is 5.91. The second-order valence-corrected chi connectivity index (χ2v) is 5.81. The molecule has 1 fully saturated rings. The van der Waals surface area contributed by atoms with Crippen molar-refractivity contribution >= 4 is 10.8 Å². The quantitative estimate of drug-likeness (QED) is 0.762. The monoisotopic (exact) mass is 289 g/mol. The molecule has 3 aromatic carbocycles. The van der Waals surface area contributed by atoms with Gasteiger partial charge in [-0.15, -0.1) is 0 Å². The van der Waals surface area contributed by atoms with Gasteiger partial charge in [-0.25, -0.2) is 0 Å². The Morgan fingerprint density at radius 3 is 2.41 bits per heavy atom. The lowest BCUT2D eigenvalue weighted by atomic mass is 9.87. The van der Waals surface area contributed by atoms with Crippen molar-refractivity contribution in [2.24, 2.45) is 0 Å². The first kappa shape index (κ1) is 13.5. The minimum absolute atomic E-state index is 0.114. The van der Waals surface area contributed by atoms with Crippen LogP contribution in [0.4, 0.5) is 0 Å². The Morgan fingerprint density at radius 2 is 1.55 bits per heavy atom. The van der Waals surface area contributed by atoms with Crippen molar-refractivity contribution in [2.45, 2.75) is 12.0 Å². The molecule has 2 atom stereocenters. The fourth-order valence-corrected chi connectivity index (χ4v) is 3.29. The Morgan fingerprint density at radius 1 is 0.773 bits per heavy atom. The highest BCUT2D eigenvalue weighted by molar-refractivity contribution is 5.83. The van der Waals surface area contributed by atoms with Crippen molar-refractivity contribution in [2.75, 3.05) is 13.3 Å². The summed E-state index contributed by atoms with van der Waals surface area (Å²) in [5.41, 5.74) is 2.59. The van der Waals surface area contributed by atoms with Gasteiger partial charge in [0.25, 0.3) is 0 Å². The fourth-order valence-electron chi connectivity index (χ4n) is 3.29. The summed E-state index contributed by atoms with van der Waals surface area (Å²) in [5.74, 6) is 0.334. The molecule has 22 heavy (non-hydrogen) atoms. The molecule has 0 amide bonds. The Kier molecular flexibility index (Phi) is 3.63. The summed E-state index contributed by atoms with van der Waals surface area (Å²) in [7, 11) is 0. The van der Waals surface area contributed by atoms with Crippen LogP contribution in [0.25, 0.3) is 10.8 Å². The molecule has 0 unspecified atom stereocenters. The van der Waals surface area contributed by atoms with Gasteiger partial charge < -0.3 is 4.74 Å². The largest absolute Gasteiger partial charge is 0.358 e. The first-order chi connectivity index (χ1) is 10.9. The minimum Gasteiger partial charge on any atom is -0.358 e. The van der Waals surface area contributed by atoms with Crippen molar-refractivity contribution in [3.63, 3.8) is 0 Å². The molecule has 0 bridgehead atoms. The topological polar surface area (TPSA) is 21.3 Å². The highest BCUT2D eigenvalue weighted by Crippen LogP contribution is 2.36. The molecule has 0 spiro atoms. The zero-order chi connectivity index (χ0) is 14.8.